The number of benzene rings is 2. The Morgan fingerprint density at radius 1 is 1.05 bits per heavy atom. The second kappa shape index (κ2) is 6.96. The first kappa shape index (κ1) is 15.9. The highest BCUT2D eigenvalue weighted by Gasteiger charge is 2.07. The number of hydrogen-bond donors (Lipinski definition) is 2. The quantitative estimate of drug-likeness (QED) is 0.595. The van der Waals surface area contributed by atoms with Crippen LogP contribution in [0.3, 0.4) is 0 Å². The number of aryl methyl sites for hydroxylation is 1. The minimum atomic E-state index is 0.228. The molecule has 0 saturated carbocycles. The third-order valence-corrected chi connectivity index (χ3v) is 4.71. The van der Waals surface area contributed by atoms with Crippen LogP contribution in [0.25, 0.3) is 0 Å². The van der Waals surface area contributed by atoms with Gasteiger partial charge in [-0.05, 0) is 79.7 Å². The van der Waals surface area contributed by atoms with Crippen molar-refractivity contribution in [1.29, 1.82) is 0 Å². The van der Waals surface area contributed by atoms with E-state index in [2.05, 4.69) is 72.2 Å². The van der Waals surface area contributed by atoms with Crippen molar-refractivity contribution in [3.8, 4) is 5.75 Å². The fourth-order valence-corrected chi connectivity index (χ4v) is 3.63. The first-order valence-electron chi connectivity index (χ1n) is 6.20. The van der Waals surface area contributed by atoms with Gasteiger partial charge >= 0.3 is 0 Å². The minimum absolute atomic E-state index is 0.228. The minimum Gasteiger partial charge on any atom is -0.506 e. The summed E-state index contributed by atoms with van der Waals surface area (Å²) >= 11 is 10.2. The summed E-state index contributed by atoms with van der Waals surface area (Å²) in [4.78, 5) is 0. The molecule has 0 fully saturated rings. The molecule has 0 aliphatic carbocycles. The Morgan fingerprint density at radius 2 is 1.70 bits per heavy atom. The van der Waals surface area contributed by atoms with Gasteiger partial charge in [0.2, 0.25) is 0 Å². The summed E-state index contributed by atoms with van der Waals surface area (Å²) in [6.45, 7) is 2.84. The third kappa shape index (κ3) is 3.77. The lowest BCUT2D eigenvalue weighted by Gasteiger charge is -2.12. The molecule has 0 spiro atoms. The van der Waals surface area contributed by atoms with Crippen LogP contribution in [-0.2, 0) is 13.0 Å². The molecular formula is C15H14Br3NO. The monoisotopic (exact) mass is 461 g/mol. The fourth-order valence-electron chi connectivity index (χ4n) is 1.94. The van der Waals surface area contributed by atoms with Crippen molar-refractivity contribution in [1.82, 2.24) is 0 Å². The fraction of sp³-hybridized carbons (Fsp3) is 0.200. The maximum Gasteiger partial charge on any atom is 0.143 e. The number of aromatic hydroxyl groups is 1. The van der Waals surface area contributed by atoms with Crippen LogP contribution in [0.15, 0.2) is 43.7 Å². The number of rotatable bonds is 4. The molecule has 2 nitrogen and oxygen atoms in total. The topological polar surface area (TPSA) is 32.3 Å². The van der Waals surface area contributed by atoms with Gasteiger partial charge < -0.3 is 10.4 Å². The lowest BCUT2D eigenvalue weighted by atomic mass is 10.1. The van der Waals surface area contributed by atoms with E-state index in [1.165, 1.54) is 5.56 Å². The van der Waals surface area contributed by atoms with Crippen molar-refractivity contribution in [2.24, 2.45) is 0 Å². The molecule has 0 amide bonds. The average molecular weight is 464 g/mol. The highest BCUT2D eigenvalue weighted by atomic mass is 79.9. The molecule has 5 heteroatoms. The molecule has 0 unspecified atom stereocenters. The Labute approximate surface area is 144 Å². The van der Waals surface area contributed by atoms with Crippen LogP contribution in [0.1, 0.15) is 18.1 Å². The van der Waals surface area contributed by atoms with E-state index in [0.717, 1.165) is 22.1 Å². The van der Waals surface area contributed by atoms with Gasteiger partial charge in [-0.3, -0.25) is 0 Å². The molecule has 2 N–H and O–H groups in total. The summed E-state index contributed by atoms with van der Waals surface area (Å²) in [6.07, 6.45) is 0.977. The average Bonchev–Trinajstić information content (AvgIpc) is 2.43. The number of phenolic OH excluding ortho intramolecular Hbond substituents is 1. The largest absolute Gasteiger partial charge is 0.506 e. The van der Waals surface area contributed by atoms with Crippen molar-refractivity contribution in [3.05, 3.63) is 54.9 Å². The van der Waals surface area contributed by atoms with Crippen LogP contribution in [0.5, 0.6) is 5.75 Å². The predicted octanol–water partition coefficient (Wildman–Crippen LogP) is 5.85. The van der Waals surface area contributed by atoms with Crippen LogP contribution < -0.4 is 5.32 Å². The van der Waals surface area contributed by atoms with E-state index in [0.29, 0.717) is 15.5 Å². The molecule has 0 atom stereocenters. The first-order chi connectivity index (χ1) is 9.51. The van der Waals surface area contributed by atoms with E-state index in [9.17, 15) is 5.11 Å². The van der Waals surface area contributed by atoms with Crippen molar-refractivity contribution in [3.63, 3.8) is 0 Å². The lowest BCUT2D eigenvalue weighted by Crippen LogP contribution is -2.02. The number of nitrogens with one attached hydrogen (secondary N) is 1. The third-order valence-electron chi connectivity index (χ3n) is 3.01. The highest BCUT2D eigenvalue weighted by molar-refractivity contribution is 9.11. The Hall–Kier alpha value is -0.520. The Morgan fingerprint density at radius 3 is 2.30 bits per heavy atom. The molecular weight excluding hydrogens is 450 g/mol. The molecule has 0 aliphatic heterocycles. The van der Waals surface area contributed by atoms with E-state index in [4.69, 9.17) is 0 Å². The molecule has 106 valence electrons. The molecule has 20 heavy (non-hydrogen) atoms. The van der Waals surface area contributed by atoms with Gasteiger partial charge in [-0.15, -0.1) is 0 Å². The molecule has 0 radical (unpaired) electrons. The maximum atomic E-state index is 9.71. The summed E-state index contributed by atoms with van der Waals surface area (Å²) in [5.41, 5.74) is 3.50. The van der Waals surface area contributed by atoms with E-state index >= 15 is 0 Å². The summed E-state index contributed by atoms with van der Waals surface area (Å²) in [5, 5.41) is 13.1. The number of hydrogen-bond acceptors (Lipinski definition) is 2. The normalized spacial score (nSPS) is 10.6. The second-order valence-corrected chi connectivity index (χ2v) is 7.04. The van der Waals surface area contributed by atoms with Gasteiger partial charge in [0.1, 0.15) is 5.75 Å². The Kier molecular flexibility index (Phi) is 5.52. The molecule has 2 aromatic carbocycles. The van der Waals surface area contributed by atoms with Gasteiger partial charge in [-0.2, -0.15) is 0 Å². The first-order valence-corrected chi connectivity index (χ1v) is 8.58. The van der Waals surface area contributed by atoms with E-state index < -0.39 is 0 Å². The molecule has 2 aromatic rings. The van der Waals surface area contributed by atoms with E-state index in [1.807, 2.05) is 18.2 Å². The van der Waals surface area contributed by atoms with Gasteiger partial charge in [0, 0.05) is 16.7 Å². The van der Waals surface area contributed by atoms with Gasteiger partial charge in [0.05, 0.1) is 8.95 Å². The second-order valence-electron chi connectivity index (χ2n) is 4.42. The highest BCUT2D eigenvalue weighted by Crippen LogP contribution is 2.33. The maximum absolute atomic E-state index is 9.71. The zero-order chi connectivity index (χ0) is 14.7. The molecule has 0 aliphatic rings. The van der Waals surface area contributed by atoms with Crippen LogP contribution in [0.4, 0.5) is 5.69 Å². The zero-order valence-corrected chi connectivity index (χ0v) is 15.6. The van der Waals surface area contributed by atoms with Crippen molar-refractivity contribution >= 4 is 53.5 Å². The van der Waals surface area contributed by atoms with Gasteiger partial charge in [-0.1, -0.05) is 22.9 Å². The summed E-state index contributed by atoms with van der Waals surface area (Å²) in [5.74, 6) is 0.228. The van der Waals surface area contributed by atoms with Crippen molar-refractivity contribution < 1.29 is 5.11 Å². The number of halogens is 3. The molecule has 0 aromatic heterocycles. The van der Waals surface area contributed by atoms with Crippen LogP contribution >= 0.6 is 47.8 Å². The van der Waals surface area contributed by atoms with Crippen LogP contribution in [0, 0.1) is 0 Å². The van der Waals surface area contributed by atoms with E-state index in [1.54, 1.807) is 0 Å². The number of phenols is 1. The van der Waals surface area contributed by atoms with Crippen molar-refractivity contribution in [2.75, 3.05) is 5.32 Å². The standard InChI is InChI=1S/C15H14Br3NO/c1-2-10-7-11(16)3-4-14(10)19-8-9-5-12(17)15(20)13(18)6-9/h3-7,19-20H,2,8H2,1H3. The zero-order valence-electron chi connectivity index (χ0n) is 10.9. The smallest absolute Gasteiger partial charge is 0.143 e. The van der Waals surface area contributed by atoms with Gasteiger partial charge in [0.25, 0.3) is 0 Å². The van der Waals surface area contributed by atoms with Crippen molar-refractivity contribution in [2.45, 2.75) is 19.9 Å². The Bertz CT molecular complexity index is 606. The SMILES string of the molecule is CCc1cc(Br)ccc1NCc1cc(Br)c(O)c(Br)c1. The van der Waals surface area contributed by atoms with Crippen LogP contribution in [0.2, 0.25) is 0 Å². The summed E-state index contributed by atoms with van der Waals surface area (Å²) < 4.78 is 2.47. The molecule has 2 rings (SSSR count). The number of anilines is 1. The molecule has 0 bridgehead atoms. The Balaban J connectivity index is 2.17. The molecule has 0 saturated heterocycles. The summed E-state index contributed by atoms with van der Waals surface area (Å²) in [7, 11) is 0. The summed E-state index contributed by atoms with van der Waals surface area (Å²) in [6, 6.07) is 10.1. The van der Waals surface area contributed by atoms with Crippen LogP contribution in [-0.4, -0.2) is 5.11 Å². The van der Waals surface area contributed by atoms with E-state index in [-0.39, 0.29) is 5.75 Å². The molecule has 0 heterocycles. The predicted molar refractivity (Wildman–Crippen MR) is 94.4 cm³/mol. The van der Waals surface area contributed by atoms with Gasteiger partial charge in [0.15, 0.2) is 0 Å². The lowest BCUT2D eigenvalue weighted by molar-refractivity contribution is 0.468. The van der Waals surface area contributed by atoms with Gasteiger partial charge in [-0.25, -0.2) is 0 Å².